The summed E-state index contributed by atoms with van der Waals surface area (Å²) in [4.78, 5) is 0. The minimum atomic E-state index is -0.278. The van der Waals surface area contributed by atoms with Crippen molar-refractivity contribution in [3.05, 3.63) is 54.1 Å². The van der Waals surface area contributed by atoms with Crippen molar-refractivity contribution in [2.75, 3.05) is 0 Å². The van der Waals surface area contributed by atoms with E-state index in [2.05, 4.69) is 62.4 Å². The van der Waals surface area contributed by atoms with Gasteiger partial charge in [-0.25, -0.2) is 0 Å². The van der Waals surface area contributed by atoms with Crippen LogP contribution in [0.3, 0.4) is 0 Å². The van der Waals surface area contributed by atoms with Gasteiger partial charge >= 0.3 is 0 Å². The van der Waals surface area contributed by atoms with E-state index < -0.39 is 0 Å². The summed E-state index contributed by atoms with van der Waals surface area (Å²) < 4.78 is 0. The second kappa shape index (κ2) is 16.6. The first-order chi connectivity index (χ1) is 17.2. The summed E-state index contributed by atoms with van der Waals surface area (Å²) in [6, 6.07) is 11.5. The van der Waals surface area contributed by atoms with Crippen molar-refractivity contribution in [1.82, 2.24) is 0 Å². The number of allylic oxidation sites excluding steroid dienone is 4. The minimum absolute atomic E-state index is 0.278. The molecule has 0 aliphatic heterocycles. The van der Waals surface area contributed by atoms with Gasteiger partial charge in [-0.2, -0.15) is 0 Å². The zero-order valence-corrected chi connectivity index (χ0v) is 24.8. The second-order valence-corrected chi connectivity index (χ2v) is 14.6. The zero-order valence-electron chi connectivity index (χ0n) is 23.4. The van der Waals surface area contributed by atoms with Crippen molar-refractivity contribution in [2.45, 2.75) is 141 Å². The molecule has 1 saturated carbocycles. The zero-order chi connectivity index (χ0) is 24.6. The van der Waals surface area contributed by atoms with E-state index in [0.29, 0.717) is 5.04 Å². The van der Waals surface area contributed by atoms with Crippen molar-refractivity contribution in [2.24, 2.45) is 11.8 Å². The van der Waals surface area contributed by atoms with Crippen LogP contribution in [0.5, 0.6) is 0 Å². The Bertz CT molecular complexity index is 732. The van der Waals surface area contributed by atoms with Gasteiger partial charge in [-0.1, -0.05) is 176 Å². The molecule has 1 aromatic rings. The largest absolute Gasteiger partial charge is 0.0839 e. The summed E-state index contributed by atoms with van der Waals surface area (Å²) in [5, 5.41) is 2.29. The van der Waals surface area contributed by atoms with Gasteiger partial charge in [-0.3, -0.25) is 0 Å². The van der Waals surface area contributed by atoms with Gasteiger partial charge in [0.2, 0.25) is 0 Å². The van der Waals surface area contributed by atoms with Crippen LogP contribution in [0, 0.1) is 11.8 Å². The molecule has 0 nitrogen and oxygen atoms in total. The first-order valence-corrected chi connectivity index (χ1v) is 17.1. The highest BCUT2D eigenvalue weighted by Crippen LogP contribution is 2.59. The number of hydrogen-bond acceptors (Lipinski definition) is 0. The monoisotopic (exact) mass is 492 g/mol. The molecule has 1 fully saturated rings. The lowest BCUT2D eigenvalue weighted by molar-refractivity contribution is 0.402. The van der Waals surface area contributed by atoms with Crippen LogP contribution in [0.1, 0.15) is 136 Å². The van der Waals surface area contributed by atoms with Crippen LogP contribution >= 0.6 is 0 Å². The van der Waals surface area contributed by atoms with E-state index in [9.17, 15) is 0 Å². The highest BCUT2D eigenvalue weighted by atomic mass is 28.2. The standard InChI is InChI=1S/C34H56Si/c1-3-4-5-6-7-8-9-10-11-12-13-14-15-16-17-23-28-34(35-32-25-19-18-20-26-32)29-31-24-21-22-27-33(31)30(34)2/h18-22,25-27,30-31H,3-17,23-24,28-29,35H2,1-2H3. The molecule has 0 radical (unpaired) electrons. The van der Waals surface area contributed by atoms with Gasteiger partial charge in [0.15, 0.2) is 0 Å². The van der Waals surface area contributed by atoms with Gasteiger partial charge in [0.05, 0.1) is 9.52 Å². The normalized spacial score (nSPS) is 23.8. The molecule has 0 N–H and O–H groups in total. The third-order valence-electron chi connectivity index (χ3n) is 9.32. The highest BCUT2D eigenvalue weighted by Gasteiger charge is 2.47. The molecule has 0 heterocycles. The Morgan fingerprint density at radius 3 is 1.83 bits per heavy atom. The van der Waals surface area contributed by atoms with Gasteiger partial charge in [0.25, 0.3) is 0 Å². The van der Waals surface area contributed by atoms with Crippen molar-refractivity contribution < 1.29 is 0 Å². The Balaban J connectivity index is 1.27. The summed E-state index contributed by atoms with van der Waals surface area (Å²) in [5.74, 6) is 1.63. The molecule has 1 aromatic carbocycles. The fourth-order valence-electron chi connectivity index (χ4n) is 7.07. The SMILES string of the molecule is CCCCCCCCCCCCCCCCCCC1([SiH2]c2ccccc2)CC2CC=CC=C2C1C. The summed E-state index contributed by atoms with van der Waals surface area (Å²) >= 11 is 0. The van der Waals surface area contributed by atoms with E-state index in [-0.39, 0.29) is 9.52 Å². The second-order valence-electron chi connectivity index (χ2n) is 12.0. The maximum absolute atomic E-state index is 2.58. The molecule has 0 amide bonds. The smallest absolute Gasteiger partial charge is 0.0616 e. The van der Waals surface area contributed by atoms with Crippen molar-refractivity contribution >= 4 is 14.7 Å². The summed E-state index contributed by atoms with van der Waals surface area (Å²) in [6.07, 6.45) is 34.8. The van der Waals surface area contributed by atoms with E-state index in [4.69, 9.17) is 0 Å². The van der Waals surface area contributed by atoms with E-state index in [1.54, 1.807) is 10.8 Å². The van der Waals surface area contributed by atoms with Crippen molar-refractivity contribution in [1.29, 1.82) is 0 Å². The lowest BCUT2D eigenvalue weighted by Gasteiger charge is -2.34. The topological polar surface area (TPSA) is 0 Å². The molecule has 0 bridgehead atoms. The fraction of sp³-hybridized carbons (Fsp3) is 0.706. The molecule has 35 heavy (non-hydrogen) atoms. The van der Waals surface area contributed by atoms with Gasteiger partial charge in [-0.05, 0) is 36.1 Å². The number of fused-ring (bicyclic) bond motifs is 1. The van der Waals surface area contributed by atoms with Crippen LogP contribution in [-0.2, 0) is 0 Å². The molecular formula is C34H56Si. The molecule has 2 aliphatic rings. The average Bonchev–Trinajstić information content (AvgIpc) is 3.15. The minimum Gasteiger partial charge on any atom is -0.0839 e. The van der Waals surface area contributed by atoms with E-state index in [1.165, 1.54) is 122 Å². The van der Waals surface area contributed by atoms with E-state index >= 15 is 0 Å². The first kappa shape index (κ1) is 28.5. The third-order valence-corrected chi connectivity index (χ3v) is 12.2. The summed E-state index contributed by atoms with van der Waals surface area (Å²) in [5.41, 5.74) is 1.78. The molecule has 3 atom stereocenters. The van der Waals surface area contributed by atoms with Crippen molar-refractivity contribution in [3.8, 4) is 0 Å². The molecule has 196 valence electrons. The fourth-order valence-corrected chi connectivity index (χ4v) is 9.86. The Morgan fingerprint density at radius 1 is 0.743 bits per heavy atom. The lowest BCUT2D eigenvalue weighted by Crippen LogP contribution is -2.32. The van der Waals surface area contributed by atoms with Crippen LogP contribution in [0.2, 0.25) is 5.04 Å². The molecule has 0 spiro atoms. The predicted octanol–water partition coefficient (Wildman–Crippen LogP) is 9.83. The molecule has 2 aliphatic carbocycles. The van der Waals surface area contributed by atoms with Crippen LogP contribution in [0.15, 0.2) is 54.1 Å². The predicted molar refractivity (Wildman–Crippen MR) is 161 cm³/mol. The molecule has 1 heteroatoms. The quantitative estimate of drug-likeness (QED) is 0.133. The number of hydrogen-bond donors (Lipinski definition) is 0. The molecule has 3 rings (SSSR count). The lowest BCUT2D eigenvalue weighted by atomic mass is 9.88. The summed E-state index contributed by atoms with van der Waals surface area (Å²) in [6.45, 7) is 4.88. The van der Waals surface area contributed by atoms with Crippen LogP contribution < -0.4 is 5.19 Å². The third kappa shape index (κ3) is 9.71. The average molecular weight is 493 g/mol. The molecular weight excluding hydrogens is 436 g/mol. The van der Waals surface area contributed by atoms with Gasteiger partial charge in [-0.15, -0.1) is 0 Å². The number of benzene rings is 1. The van der Waals surface area contributed by atoms with Crippen molar-refractivity contribution in [3.63, 3.8) is 0 Å². The van der Waals surface area contributed by atoms with Crippen LogP contribution in [0.25, 0.3) is 0 Å². The number of rotatable bonds is 19. The highest BCUT2D eigenvalue weighted by molar-refractivity contribution is 6.57. The number of unbranched alkanes of at least 4 members (excludes halogenated alkanes) is 15. The van der Waals surface area contributed by atoms with Crippen LogP contribution in [0.4, 0.5) is 0 Å². The molecule has 0 aromatic heterocycles. The van der Waals surface area contributed by atoms with Gasteiger partial charge in [0.1, 0.15) is 0 Å². The maximum Gasteiger partial charge on any atom is 0.0616 e. The Kier molecular flexibility index (Phi) is 13.5. The summed E-state index contributed by atoms with van der Waals surface area (Å²) in [7, 11) is -0.278. The molecule has 3 unspecified atom stereocenters. The van der Waals surface area contributed by atoms with Crippen LogP contribution in [-0.4, -0.2) is 9.52 Å². The van der Waals surface area contributed by atoms with Gasteiger partial charge in [0, 0.05) is 0 Å². The maximum atomic E-state index is 2.58. The first-order valence-electron chi connectivity index (χ1n) is 15.7. The Morgan fingerprint density at radius 2 is 1.29 bits per heavy atom. The van der Waals surface area contributed by atoms with E-state index in [1.807, 2.05) is 0 Å². The molecule has 0 saturated heterocycles. The Labute approximate surface area is 221 Å². The Hall–Kier alpha value is -1.08. The van der Waals surface area contributed by atoms with Gasteiger partial charge < -0.3 is 0 Å². The van der Waals surface area contributed by atoms with E-state index in [0.717, 1.165) is 11.8 Å².